The average Bonchev–Trinajstić information content (AvgIpc) is 1.67. The Labute approximate surface area is 53.8 Å². The van der Waals surface area contributed by atoms with Gasteiger partial charge in [-0.05, 0) is 6.26 Å². The summed E-state index contributed by atoms with van der Waals surface area (Å²) in [6.45, 7) is 3.29. The molecular formula is C5H11NOS. The van der Waals surface area contributed by atoms with Crippen LogP contribution in [-0.4, -0.2) is 23.2 Å². The summed E-state index contributed by atoms with van der Waals surface area (Å²) in [6, 6.07) is -0.259. The van der Waals surface area contributed by atoms with Gasteiger partial charge in [0.25, 0.3) is 0 Å². The Morgan fingerprint density at radius 2 is 2.50 bits per heavy atom. The zero-order valence-corrected chi connectivity index (χ0v) is 5.74. The molecule has 0 bridgehead atoms. The van der Waals surface area contributed by atoms with Crippen LogP contribution >= 0.6 is 11.8 Å². The third-order valence-corrected chi connectivity index (χ3v) is 1.47. The van der Waals surface area contributed by atoms with Gasteiger partial charge in [0, 0.05) is 5.75 Å². The zero-order valence-electron chi connectivity index (χ0n) is 4.92. The smallest absolute Gasteiger partial charge is 0.103 e. The minimum Gasteiger partial charge on any atom is -0.511 e. The fraction of sp³-hybridized carbons (Fsp3) is 0.600. The lowest BCUT2D eigenvalue weighted by Crippen LogP contribution is -2.24. The molecule has 0 radical (unpaired) electrons. The quantitative estimate of drug-likeness (QED) is 0.558. The minimum atomic E-state index is -0.259. The Balaban J connectivity index is 3.32. The normalized spacial score (nSPS) is 13.2. The summed E-state index contributed by atoms with van der Waals surface area (Å²) in [4.78, 5) is 0. The molecule has 0 aromatic heterocycles. The Hall–Kier alpha value is -0.150. The first-order chi connectivity index (χ1) is 3.68. The van der Waals surface area contributed by atoms with Crippen LogP contribution in [0.4, 0.5) is 0 Å². The van der Waals surface area contributed by atoms with Crippen LogP contribution in [-0.2, 0) is 0 Å². The maximum Gasteiger partial charge on any atom is 0.103 e. The van der Waals surface area contributed by atoms with Gasteiger partial charge in [-0.15, -0.1) is 0 Å². The zero-order chi connectivity index (χ0) is 6.57. The molecule has 0 saturated carbocycles. The van der Waals surface area contributed by atoms with Crippen LogP contribution < -0.4 is 5.73 Å². The highest BCUT2D eigenvalue weighted by Crippen LogP contribution is 1.99. The maximum atomic E-state index is 8.62. The highest BCUT2D eigenvalue weighted by Gasteiger charge is 2.01. The van der Waals surface area contributed by atoms with Crippen molar-refractivity contribution < 1.29 is 5.11 Å². The van der Waals surface area contributed by atoms with Gasteiger partial charge in [-0.1, -0.05) is 6.58 Å². The van der Waals surface area contributed by atoms with E-state index in [4.69, 9.17) is 10.8 Å². The molecular weight excluding hydrogens is 122 g/mol. The van der Waals surface area contributed by atoms with Gasteiger partial charge in [-0.25, -0.2) is 0 Å². The molecule has 0 aromatic carbocycles. The van der Waals surface area contributed by atoms with Gasteiger partial charge >= 0.3 is 0 Å². The molecule has 1 atom stereocenters. The van der Waals surface area contributed by atoms with Crippen LogP contribution in [0.1, 0.15) is 0 Å². The molecule has 48 valence electrons. The van der Waals surface area contributed by atoms with Crippen LogP contribution in [0, 0.1) is 0 Å². The number of aliphatic hydroxyl groups is 1. The number of nitrogens with two attached hydrogens (primary N) is 1. The average molecular weight is 133 g/mol. The van der Waals surface area contributed by atoms with E-state index in [1.807, 2.05) is 6.26 Å². The predicted octanol–water partition coefficient (Wildman–Crippen LogP) is 0.748. The first-order valence-electron chi connectivity index (χ1n) is 2.30. The van der Waals surface area contributed by atoms with E-state index in [0.717, 1.165) is 5.75 Å². The van der Waals surface area contributed by atoms with Crippen molar-refractivity contribution in [2.45, 2.75) is 6.04 Å². The molecule has 0 fully saturated rings. The lowest BCUT2D eigenvalue weighted by atomic mass is 10.3. The molecule has 3 heteroatoms. The molecule has 8 heavy (non-hydrogen) atoms. The van der Waals surface area contributed by atoms with Gasteiger partial charge in [-0.3, -0.25) is 0 Å². The second-order valence-corrected chi connectivity index (χ2v) is 2.46. The summed E-state index contributed by atoms with van der Waals surface area (Å²) in [6.07, 6.45) is 1.93. The topological polar surface area (TPSA) is 46.2 Å². The highest BCUT2D eigenvalue weighted by molar-refractivity contribution is 7.98. The summed E-state index contributed by atoms with van der Waals surface area (Å²) in [7, 11) is 0. The van der Waals surface area contributed by atoms with Gasteiger partial charge in [0.15, 0.2) is 0 Å². The molecule has 0 heterocycles. The minimum absolute atomic E-state index is 0.0688. The van der Waals surface area contributed by atoms with E-state index in [1.165, 1.54) is 0 Å². The van der Waals surface area contributed by atoms with Crippen LogP contribution in [0.2, 0.25) is 0 Å². The summed E-state index contributed by atoms with van der Waals surface area (Å²) in [5.41, 5.74) is 5.36. The number of hydrogen-bond acceptors (Lipinski definition) is 3. The lowest BCUT2D eigenvalue weighted by Gasteiger charge is -2.05. The highest BCUT2D eigenvalue weighted by atomic mass is 32.2. The summed E-state index contributed by atoms with van der Waals surface area (Å²) >= 11 is 1.59. The van der Waals surface area contributed by atoms with Crippen molar-refractivity contribution in [3.63, 3.8) is 0 Å². The van der Waals surface area contributed by atoms with Crippen molar-refractivity contribution in [3.05, 3.63) is 12.3 Å². The van der Waals surface area contributed by atoms with E-state index in [1.54, 1.807) is 11.8 Å². The Morgan fingerprint density at radius 1 is 2.00 bits per heavy atom. The summed E-state index contributed by atoms with van der Waals surface area (Å²) in [5, 5.41) is 8.62. The van der Waals surface area contributed by atoms with Crippen LogP contribution in [0.15, 0.2) is 12.3 Å². The predicted molar refractivity (Wildman–Crippen MR) is 38.1 cm³/mol. The number of rotatable bonds is 3. The van der Waals surface area contributed by atoms with E-state index in [-0.39, 0.29) is 11.8 Å². The van der Waals surface area contributed by atoms with E-state index in [9.17, 15) is 0 Å². The van der Waals surface area contributed by atoms with Crippen molar-refractivity contribution in [2.24, 2.45) is 5.73 Å². The van der Waals surface area contributed by atoms with E-state index in [2.05, 4.69) is 6.58 Å². The fourth-order valence-electron chi connectivity index (χ4n) is 0.276. The maximum absolute atomic E-state index is 8.62. The Kier molecular flexibility index (Phi) is 3.73. The molecule has 0 amide bonds. The molecule has 0 unspecified atom stereocenters. The molecule has 0 aliphatic rings. The van der Waals surface area contributed by atoms with Crippen molar-refractivity contribution >= 4 is 11.8 Å². The first kappa shape index (κ1) is 7.85. The molecule has 3 N–H and O–H groups in total. The van der Waals surface area contributed by atoms with Gasteiger partial charge in [0.2, 0.25) is 0 Å². The third kappa shape index (κ3) is 2.93. The van der Waals surface area contributed by atoms with Crippen molar-refractivity contribution in [3.8, 4) is 0 Å². The van der Waals surface area contributed by atoms with E-state index >= 15 is 0 Å². The molecule has 2 nitrogen and oxygen atoms in total. The van der Waals surface area contributed by atoms with Gasteiger partial charge in [0.1, 0.15) is 5.76 Å². The van der Waals surface area contributed by atoms with Gasteiger partial charge in [-0.2, -0.15) is 11.8 Å². The van der Waals surface area contributed by atoms with Gasteiger partial charge < -0.3 is 10.8 Å². The standard InChI is InChI=1S/C5H11NOS/c1-4(7)5(6)3-8-2/h5,7H,1,3,6H2,2H3/t5-/m0/s1. The second kappa shape index (κ2) is 3.80. The number of aliphatic hydroxyl groups excluding tert-OH is 1. The van der Waals surface area contributed by atoms with Gasteiger partial charge in [0.05, 0.1) is 6.04 Å². The van der Waals surface area contributed by atoms with Crippen LogP contribution in [0.5, 0.6) is 0 Å². The Morgan fingerprint density at radius 3 is 2.62 bits per heavy atom. The third-order valence-electron chi connectivity index (χ3n) is 0.774. The molecule has 0 rings (SSSR count). The van der Waals surface area contributed by atoms with Crippen LogP contribution in [0.3, 0.4) is 0 Å². The van der Waals surface area contributed by atoms with E-state index in [0.29, 0.717) is 0 Å². The summed E-state index contributed by atoms with van der Waals surface area (Å²) < 4.78 is 0. The lowest BCUT2D eigenvalue weighted by molar-refractivity contribution is 0.379. The first-order valence-corrected chi connectivity index (χ1v) is 3.70. The second-order valence-electron chi connectivity index (χ2n) is 1.55. The van der Waals surface area contributed by atoms with Crippen LogP contribution in [0.25, 0.3) is 0 Å². The SMILES string of the molecule is C=C(O)[C@@H](N)CSC. The van der Waals surface area contributed by atoms with Crippen molar-refractivity contribution in [1.82, 2.24) is 0 Å². The van der Waals surface area contributed by atoms with E-state index < -0.39 is 0 Å². The molecule has 0 saturated heterocycles. The monoisotopic (exact) mass is 133 g/mol. The molecule has 0 aliphatic heterocycles. The largest absolute Gasteiger partial charge is 0.511 e. The number of hydrogen-bond donors (Lipinski definition) is 2. The summed E-state index contributed by atoms with van der Waals surface area (Å²) in [5.74, 6) is 0.800. The number of thioether (sulfide) groups is 1. The van der Waals surface area contributed by atoms with Crippen molar-refractivity contribution in [2.75, 3.05) is 12.0 Å². The fourth-order valence-corrected chi connectivity index (χ4v) is 0.827. The molecule has 0 aromatic rings. The molecule has 0 spiro atoms. The van der Waals surface area contributed by atoms with Crippen molar-refractivity contribution in [1.29, 1.82) is 0 Å². The Bertz CT molecular complexity index is 84.5. The molecule has 0 aliphatic carbocycles.